The topological polar surface area (TPSA) is 41.1 Å². The Morgan fingerprint density at radius 1 is 1.33 bits per heavy atom. The van der Waals surface area contributed by atoms with E-state index in [1.807, 2.05) is 0 Å². The minimum Gasteiger partial charge on any atom is -0.341 e. The Morgan fingerprint density at radius 3 is 2.50 bits per heavy atom. The van der Waals surface area contributed by atoms with E-state index in [9.17, 15) is 4.79 Å². The van der Waals surface area contributed by atoms with Crippen molar-refractivity contribution in [3.05, 3.63) is 0 Å². The van der Waals surface area contributed by atoms with E-state index in [2.05, 4.69) is 10.6 Å². The molecule has 0 aromatic rings. The van der Waals surface area contributed by atoms with Gasteiger partial charge in [-0.2, -0.15) is 0 Å². The zero-order valence-corrected chi connectivity index (χ0v) is 8.39. The number of amides is 1. The fourth-order valence-electron chi connectivity index (χ4n) is 1.63. The second-order valence-corrected chi connectivity index (χ2v) is 4.44. The molecule has 0 radical (unpaired) electrons. The highest BCUT2D eigenvalue weighted by Crippen LogP contribution is 2.35. The van der Waals surface area contributed by atoms with Crippen LogP contribution in [0, 0.1) is 0 Å². The van der Waals surface area contributed by atoms with Gasteiger partial charge in [0.2, 0.25) is 5.91 Å². The van der Waals surface area contributed by atoms with Crippen molar-refractivity contribution < 1.29 is 4.79 Å². The molecule has 0 saturated carbocycles. The number of carbonyl (C=O) groups is 1. The van der Waals surface area contributed by atoms with Crippen LogP contribution >= 0.6 is 24.2 Å². The largest absolute Gasteiger partial charge is 0.341 e. The molecule has 1 spiro atoms. The fourth-order valence-corrected chi connectivity index (χ4v) is 2.79. The molecular formula is C7H13ClN2OS. The maximum Gasteiger partial charge on any atom is 0.231 e. The summed E-state index contributed by atoms with van der Waals surface area (Å²) in [5, 5.41) is 6.34. The zero-order valence-electron chi connectivity index (χ0n) is 6.76. The zero-order chi connectivity index (χ0) is 7.73. The highest BCUT2D eigenvalue weighted by atomic mass is 35.5. The maximum absolute atomic E-state index is 11.0. The molecule has 2 heterocycles. The van der Waals surface area contributed by atoms with Gasteiger partial charge in [0.05, 0.1) is 10.6 Å². The summed E-state index contributed by atoms with van der Waals surface area (Å²) in [5.41, 5.74) is 0. The van der Waals surface area contributed by atoms with Gasteiger partial charge in [0.15, 0.2) is 0 Å². The Bertz CT molecular complexity index is 182. The van der Waals surface area contributed by atoms with Crippen molar-refractivity contribution >= 4 is 30.1 Å². The molecule has 5 heteroatoms. The molecule has 2 rings (SSSR count). The van der Waals surface area contributed by atoms with Gasteiger partial charge in [0.25, 0.3) is 0 Å². The van der Waals surface area contributed by atoms with Crippen LogP contribution in [0.2, 0.25) is 0 Å². The molecule has 2 saturated heterocycles. The third-order valence-corrected chi connectivity index (χ3v) is 3.73. The van der Waals surface area contributed by atoms with Crippen LogP contribution in [0.4, 0.5) is 0 Å². The van der Waals surface area contributed by atoms with Crippen molar-refractivity contribution in [1.82, 2.24) is 10.6 Å². The lowest BCUT2D eigenvalue weighted by molar-refractivity contribution is -0.118. The summed E-state index contributed by atoms with van der Waals surface area (Å²) in [7, 11) is 0. The summed E-state index contributed by atoms with van der Waals surface area (Å²) in [6.45, 7) is 2.07. The van der Waals surface area contributed by atoms with Gasteiger partial charge in [-0.15, -0.1) is 24.2 Å². The summed E-state index contributed by atoms with van der Waals surface area (Å²) in [6, 6.07) is 0. The number of rotatable bonds is 0. The average molecular weight is 209 g/mol. The molecule has 0 atom stereocenters. The number of nitrogens with one attached hydrogen (secondary N) is 2. The molecule has 2 aliphatic rings. The second-order valence-electron chi connectivity index (χ2n) is 3.08. The van der Waals surface area contributed by atoms with E-state index in [1.165, 1.54) is 0 Å². The van der Waals surface area contributed by atoms with Crippen LogP contribution in [-0.2, 0) is 4.79 Å². The molecule has 0 aromatic carbocycles. The predicted octanol–water partition coefficient (Wildman–Crippen LogP) is 0.351. The number of hydrogen-bond acceptors (Lipinski definition) is 3. The monoisotopic (exact) mass is 208 g/mol. The van der Waals surface area contributed by atoms with E-state index in [4.69, 9.17) is 0 Å². The quantitative estimate of drug-likeness (QED) is 0.604. The molecule has 0 unspecified atom stereocenters. The first kappa shape index (κ1) is 10.2. The van der Waals surface area contributed by atoms with Crippen molar-refractivity contribution in [2.24, 2.45) is 0 Å². The number of halogens is 1. The third-order valence-electron chi connectivity index (χ3n) is 2.26. The van der Waals surface area contributed by atoms with Crippen LogP contribution < -0.4 is 10.6 Å². The Morgan fingerprint density at radius 2 is 2.00 bits per heavy atom. The lowest BCUT2D eigenvalue weighted by Gasteiger charge is -2.32. The molecule has 3 nitrogen and oxygen atoms in total. The van der Waals surface area contributed by atoms with Crippen LogP contribution in [0.25, 0.3) is 0 Å². The first-order valence-corrected chi connectivity index (χ1v) is 4.95. The van der Waals surface area contributed by atoms with Crippen molar-refractivity contribution in [1.29, 1.82) is 0 Å². The first-order valence-electron chi connectivity index (χ1n) is 3.96. The molecule has 0 aromatic heterocycles. The summed E-state index contributed by atoms with van der Waals surface area (Å²) < 4.78 is 0. The lowest BCUT2D eigenvalue weighted by Crippen LogP contribution is -2.47. The van der Waals surface area contributed by atoms with Crippen LogP contribution in [0.1, 0.15) is 12.8 Å². The summed E-state index contributed by atoms with van der Waals surface area (Å²) in [5.74, 6) is 0.858. The smallest absolute Gasteiger partial charge is 0.231 e. The van der Waals surface area contributed by atoms with Gasteiger partial charge < -0.3 is 10.6 Å². The van der Waals surface area contributed by atoms with E-state index in [1.54, 1.807) is 11.8 Å². The standard InChI is InChI=1S/C7H12N2OS.ClH/c10-6-5-11-7(9-6)1-3-8-4-2-7;/h8H,1-5H2,(H,9,10);1H. The van der Waals surface area contributed by atoms with Gasteiger partial charge in [-0.25, -0.2) is 0 Å². The van der Waals surface area contributed by atoms with E-state index >= 15 is 0 Å². The molecule has 2 N–H and O–H groups in total. The molecule has 2 aliphatic heterocycles. The van der Waals surface area contributed by atoms with Crippen LogP contribution in [0.5, 0.6) is 0 Å². The molecule has 0 aliphatic carbocycles. The second kappa shape index (κ2) is 3.85. The van der Waals surface area contributed by atoms with Crippen molar-refractivity contribution in [3.63, 3.8) is 0 Å². The Kier molecular flexibility index (Phi) is 3.26. The summed E-state index contributed by atoms with van der Waals surface area (Å²) >= 11 is 1.77. The summed E-state index contributed by atoms with van der Waals surface area (Å²) in [6.07, 6.45) is 2.15. The Labute approximate surface area is 82.5 Å². The highest BCUT2D eigenvalue weighted by Gasteiger charge is 2.38. The molecule has 1 amide bonds. The van der Waals surface area contributed by atoms with Crippen LogP contribution in [0.3, 0.4) is 0 Å². The molecule has 2 fully saturated rings. The van der Waals surface area contributed by atoms with Crippen LogP contribution in [-0.4, -0.2) is 29.6 Å². The lowest BCUT2D eigenvalue weighted by atomic mass is 10.1. The van der Waals surface area contributed by atoms with E-state index in [-0.39, 0.29) is 23.2 Å². The van der Waals surface area contributed by atoms with Crippen molar-refractivity contribution in [2.45, 2.75) is 17.7 Å². The van der Waals surface area contributed by atoms with Crippen molar-refractivity contribution in [3.8, 4) is 0 Å². The molecule has 70 valence electrons. The molecule has 12 heavy (non-hydrogen) atoms. The highest BCUT2D eigenvalue weighted by molar-refractivity contribution is 8.01. The maximum atomic E-state index is 11.0. The van der Waals surface area contributed by atoms with Crippen LogP contribution in [0.15, 0.2) is 0 Å². The Hall–Kier alpha value is 0.0700. The van der Waals surface area contributed by atoms with Gasteiger partial charge in [-0.1, -0.05) is 0 Å². The average Bonchev–Trinajstić information content (AvgIpc) is 2.34. The van der Waals surface area contributed by atoms with E-state index < -0.39 is 0 Å². The van der Waals surface area contributed by atoms with E-state index in [0.717, 1.165) is 25.9 Å². The summed E-state index contributed by atoms with van der Waals surface area (Å²) in [4.78, 5) is 11.1. The number of hydrogen-bond donors (Lipinski definition) is 2. The number of carbonyl (C=O) groups excluding carboxylic acids is 1. The minimum absolute atomic E-state index is 0. The predicted molar refractivity (Wildman–Crippen MR) is 52.7 cm³/mol. The SMILES string of the molecule is Cl.O=C1CSC2(CCNCC2)N1. The first-order chi connectivity index (χ1) is 5.31. The third kappa shape index (κ3) is 1.87. The van der Waals surface area contributed by atoms with Gasteiger partial charge in [0, 0.05) is 0 Å². The van der Waals surface area contributed by atoms with Gasteiger partial charge >= 0.3 is 0 Å². The molecular weight excluding hydrogens is 196 g/mol. The van der Waals surface area contributed by atoms with Gasteiger partial charge in [0.1, 0.15) is 0 Å². The number of piperidine rings is 1. The molecule has 0 bridgehead atoms. The normalized spacial score (nSPS) is 26.5. The Balaban J connectivity index is 0.000000720. The fraction of sp³-hybridized carbons (Fsp3) is 0.857. The minimum atomic E-state index is 0. The van der Waals surface area contributed by atoms with E-state index in [0.29, 0.717) is 5.75 Å². The van der Waals surface area contributed by atoms with Gasteiger partial charge in [-0.05, 0) is 25.9 Å². The van der Waals surface area contributed by atoms with Crippen molar-refractivity contribution in [2.75, 3.05) is 18.8 Å². The van der Waals surface area contributed by atoms with Gasteiger partial charge in [-0.3, -0.25) is 4.79 Å². The number of thioether (sulfide) groups is 1.